The number of halogens is 1. The fourth-order valence-electron chi connectivity index (χ4n) is 4.45. The van der Waals surface area contributed by atoms with Crippen LogP contribution in [-0.2, 0) is 21.6 Å². The lowest BCUT2D eigenvalue weighted by Gasteiger charge is -2.30. The van der Waals surface area contributed by atoms with E-state index in [2.05, 4.69) is 0 Å². The summed E-state index contributed by atoms with van der Waals surface area (Å²) in [5.41, 5.74) is 3.38. The summed E-state index contributed by atoms with van der Waals surface area (Å²) in [5, 5.41) is 1.19. The first-order chi connectivity index (χ1) is 18.9. The van der Waals surface area contributed by atoms with E-state index in [4.69, 9.17) is 16.3 Å². The van der Waals surface area contributed by atoms with Gasteiger partial charge in [0.05, 0.1) is 11.6 Å². The third-order valence-electron chi connectivity index (χ3n) is 6.65. The zero-order valence-electron chi connectivity index (χ0n) is 23.0. The Bertz CT molecular complexity index is 1650. The molecule has 1 unspecified atom stereocenters. The van der Waals surface area contributed by atoms with Crippen molar-refractivity contribution in [2.45, 2.75) is 33.4 Å². The minimum Gasteiger partial charge on any atom is -0.444 e. The van der Waals surface area contributed by atoms with Crippen LogP contribution in [-0.4, -0.2) is 47.7 Å². The fraction of sp³-hybridized carbons (Fsp3) is 0.267. The molecule has 0 aliphatic carbocycles. The summed E-state index contributed by atoms with van der Waals surface area (Å²) in [5.74, 6) is -0.506. The van der Waals surface area contributed by atoms with Gasteiger partial charge in [0.25, 0.3) is 0 Å². The average molecular weight is 582 g/mol. The van der Waals surface area contributed by atoms with Crippen molar-refractivity contribution in [3.63, 3.8) is 0 Å². The molecule has 0 aliphatic heterocycles. The molecule has 0 aliphatic rings. The van der Waals surface area contributed by atoms with Gasteiger partial charge in [-0.2, -0.15) is 17.0 Å². The lowest BCUT2D eigenvalue weighted by atomic mass is 10.0. The molecule has 1 atom stereocenters. The van der Waals surface area contributed by atoms with Gasteiger partial charge in [0.2, 0.25) is 5.91 Å². The van der Waals surface area contributed by atoms with Crippen molar-refractivity contribution in [2.24, 2.45) is 5.92 Å². The molecule has 0 saturated heterocycles. The molecule has 210 valence electrons. The van der Waals surface area contributed by atoms with Gasteiger partial charge in [-0.1, -0.05) is 86.1 Å². The summed E-state index contributed by atoms with van der Waals surface area (Å²) in [6.45, 7) is 5.09. The van der Waals surface area contributed by atoms with Gasteiger partial charge in [0, 0.05) is 47.7 Å². The Morgan fingerprint density at radius 2 is 1.60 bits per heavy atom. The summed E-state index contributed by atoms with van der Waals surface area (Å²) in [7, 11) is -1.57. The largest absolute Gasteiger partial charge is 0.444 e. The summed E-state index contributed by atoms with van der Waals surface area (Å²) in [4.78, 5) is 26.6. The maximum Gasteiger partial charge on any atom is 0.425 e. The molecule has 1 amide bonds. The molecule has 0 bridgehead atoms. The number of carbonyl (C=O) groups excluding carboxylic acids is 2. The van der Waals surface area contributed by atoms with Crippen LogP contribution in [0.25, 0.3) is 22.0 Å². The molecule has 4 rings (SSSR count). The molecule has 10 heteroatoms. The van der Waals surface area contributed by atoms with E-state index < -0.39 is 22.3 Å². The number of benzene rings is 3. The second kappa shape index (κ2) is 11.8. The lowest BCUT2D eigenvalue weighted by molar-refractivity contribution is 0.0860. The van der Waals surface area contributed by atoms with Crippen LogP contribution in [0, 0.1) is 5.92 Å². The van der Waals surface area contributed by atoms with Crippen LogP contribution >= 0.6 is 11.6 Å². The number of hydrogen-bond donors (Lipinski definition) is 0. The summed E-state index contributed by atoms with van der Waals surface area (Å²) in [6, 6.07) is 20.9. The van der Waals surface area contributed by atoms with E-state index in [0.717, 1.165) is 25.3 Å². The molecule has 3 aromatic carbocycles. The molecule has 1 heterocycles. The number of ether oxygens (including phenoxy) is 1. The molecule has 4 aromatic rings. The smallest absolute Gasteiger partial charge is 0.425 e. The first-order valence-electron chi connectivity index (χ1n) is 12.8. The van der Waals surface area contributed by atoms with Gasteiger partial charge in [0.15, 0.2) is 0 Å². The molecule has 8 nitrogen and oxygen atoms in total. The van der Waals surface area contributed by atoms with Crippen LogP contribution in [0.1, 0.15) is 42.7 Å². The van der Waals surface area contributed by atoms with E-state index in [1.807, 2.05) is 42.5 Å². The quantitative estimate of drug-likeness (QED) is 0.229. The molecule has 0 saturated carbocycles. The van der Waals surface area contributed by atoms with E-state index in [1.54, 1.807) is 57.3 Å². The Morgan fingerprint density at radius 1 is 0.950 bits per heavy atom. The number of fused-ring (bicyclic) bond motifs is 1. The highest BCUT2D eigenvalue weighted by Gasteiger charge is 2.37. The standard InChI is InChI=1S/C30H32ClN3O5S/c1-20(2)29(35)33-18-26(25-16-15-23(17-28(25)33)24-13-9-10-14-27(24)31)21(3)34(40(37,38)32(4)5)30(36)39-19-22-11-7-6-8-12-22/h6-18,20-21H,19H2,1-5H3. The molecule has 0 N–H and O–H groups in total. The molecule has 0 spiro atoms. The Balaban J connectivity index is 1.83. The zero-order chi connectivity index (χ0) is 29.2. The minimum absolute atomic E-state index is 0.0966. The van der Waals surface area contributed by atoms with Gasteiger partial charge in [-0.3, -0.25) is 9.36 Å². The van der Waals surface area contributed by atoms with Crippen LogP contribution < -0.4 is 0 Å². The Hall–Kier alpha value is -3.66. The van der Waals surface area contributed by atoms with Gasteiger partial charge < -0.3 is 4.74 Å². The Kier molecular flexibility index (Phi) is 8.68. The summed E-state index contributed by atoms with van der Waals surface area (Å²) < 4.78 is 35.5. The average Bonchev–Trinajstić information content (AvgIpc) is 3.31. The van der Waals surface area contributed by atoms with Crippen molar-refractivity contribution in [1.82, 2.24) is 13.2 Å². The highest BCUT2D eigenvalue weighted by Crippen LogP contribution is 2.36. The predicted molar refractivity (Wildman–Crippen MR) is 157 cm³/mol. The molecular formula is C30H32ClN3O5S. The van der Waals surface area contributed by atoms with Crippen LogP contribution in [0.3, 0.4) is 0 Å². The van der Waals surface area contributed by atoms with Crippen LogP contribution in [0.4, 0.5) is 4.79 Å². The molecular weight excluding hydrogens is 550 g/mol. The molecule has 1 aromatic heterocycles. The third-order valence-corrected chi connectivity index (χ3v) is 8.86. The van der Waals surface area contributed by atoms with Gasteiger partial charge in [-0.25, -0.2) is 4.79 Å². The van der Waals surface area contributed by atoms with E-state index in [-0.39, 0.29) is 18.4 Å². The SMILES string of the molecule is CC(C)C(=O)n1cc(C(C)N(C(=O)OCc2ccccc2)S(=O)(=O)N(C)C)c2ccc(-c3ccccc3Cl)cc21. The van der Waals surface area contributed by atoms with Crippen molar-refractivity contribution < 1.29 is 22.7 Å². The first kappa shape index (κ1) is 29.3. The number of hydrogen-bond acceptors (Lipinski definition) is 5. The molecule has 0 radical (unpaired) electrons. The monoisotopic (exact) mass is 581 g/mol. The summed E-state index contributed by atoms with van der Waals surface area (Å²) >= 11 is 6.45. The van der Waals surface area contributed by atoms with Gasteiger partial charge in [0.1, 0.15) is 6.61 Å². The number of carbonyl (C=O) groups is 2. The highest BCUT2D eigenvalue weighted by atomic mass is 35.5. The lowest BCUT2D eigenvalue weighted by Crippen LogP contribution is -2.45. The molecule has 0 fully saturated rings. The van der Waals surface area contributed by atoms with E-state index in [1.165, 1.54) is 18.7 Å². The third kappa shape index (κ3) is 5.77. The normalized spacial score (nSPS) is 12.6. The van der Waals surface area contributed by atoms with Crippen LogP contribution in [0.5, 0.6) is 0 Å². The Labute approximate surface area is 239 Å². The number of aromatic nitrogens is 1. The first-order valence-corrected chi connectivity index (χ1v) is 14.6. The van der Waals surface area contributed by atoms with Crippen molar-refractivity contribution in [2.75, 3.05) is 14.1 Å². The second-order valence-electron chi connectivity index (χ2n) is 9.96. The maximum absolute atomic E-state index is 13.4. The van der Waals surface area contributed by atoms with E-state index >= 15 is 0 Å². The topological polar surface area (TPSA) is 88.9 Å². The maximum atomic E-state index is 13.4. The van der Waals surface area contributed by atoms with E-state index in [9.17, 15) is 18.0 Å². The van der Waals surface area contributed by atoms with Crippen molar-refractivity contribution in [3.05, 3.63) is 95.1 Å². The van der Waals surface area contributed by atoms with Crippen LogP contribution in [0.15, 0.2) is 79.0 Å². The number of nitrogens with zero attached hydrogens (tertiary/aromatic N) is 3. The van der Waals surface area contributed by atoms with E-state index in [0.29, 0.717) is 21.5 Å². The van der Waals surface area contributed by atoms with Gasteiger partial charge >= 0.3 is 16.3 Å². The minimum atomic E-state index is -4.26. The van der Waals surface area contributed by atoms with Crippen LogP contribution in [0.2, 0.25) is 5.02 Å². The van der Waals surface area contributed by atoms with Gasteiger partial charge in [-0.05, 0) is 30.2 Å². The second-order valence-corrected chi connectivity index (χ2v) is 12.4. The predicted octanol–water partition coefficient (Wildman–Crippen LogP) is 6.76. The highest BCUT2D eigenvalue weighted by molar-refractivity contribution is 7.87. The molecule has 40 heavy (non-hydrogen) atoms. The van der Waals surface area contributed by atoms with Crippen molar-refractivity contribution >= 4 is 44.7 Å². The van der Waals surface area contributed by atoms with Crippen molar-refractivity contribution in [1.29, 1.82) is 0 Å². The summed E-state index contributed by atoms with van der Waals surface area (Å²) in [6.07, 6.45) is 0.588. The Morgan fingerprint density at radius 3 is 2.23 bits per heavy atom. The number of amides is 1. The van der Waals surface area contributed by atoms with Gasteiger partial charge in [-0.15, -0.1) is 0 Å². The van der Waals surface area contributed by atoms with Crippen molar-refractivity contribution in [3.8, 4) is 11.1 Å². The zero-order valence-corrected chi connectivity index (χ0v) is 24.6. The number of rotatable bonds is 8. The fourth-order valence-corrected chi connectivity index (χ4v) is 5.80.